The minimum atomic E-state index is 0.564. The third-order valence-electron chi connectivity index (χ3n) is 2.62. The van der Waals surface area contributed by atoms with Gasteiger partial charge in [-0.15, -0.1) is 11.6 Å². The van der Waals surface area contributed by atoms with E-state index >= 15 is 0 Å². The van der Waals surface area contributed by atoms with Gasteiger partial charge in [0.25, 0.3) is 0 Å². The number of halogens is 2. The molecule has 0 aliphatic heterocycles. The summed E-state index contributed by atoms with van der Waals surface area (Å²) in [5.74, 6) is 1.30. The van der Waals surface area contributed by atoms with E-state index in [4.69, 9.17) is 11.6 Å². The van der Waals surface area contributed by atoms with Gasteiger partial charge in [0, 0.05) is 23.9 Å². The van der Waals surface area contributed by atoms with E-state index in [9.17, 15) is 0 Å². The van der Waals surface area contributed by atoms with E-state index in [-0.39, 0.29) is 0 Å². The second kappa shape index (κ2) is 6.51. The number of rotatable bonds is 5. The number of alkyl halides is 1. The highest BCUT2D eigenvalue weighted by Gasteiger charge is 2.07. The Balaban J connectivity index is 2.71. The van der Waals surface area contributed by atoms with Gasteiger partial charge < -0.3 is 4.90 Å². The van der Waals surface area contributed by atoms with Gasteiger partial charge in [0.1, 0.15) is 0 Å². The van der Waals surface area contributed by atoms with Gasteiger partial charge in [0.05, 0.1) is 5.69 Å². The molecule has 0 aliphatic carbocycles. The van der Waals surface area contributed by atoms with Crippen molar-refractivity contribution in [2.24, 2.45) is 5.92 Å². The van der Waals surface area contributed by atoms with E-state index in [1.165, 1.54) is 12.1 Å². The second-order valence-corrected chi connectivity index (χ2v) is 5.65. The average molecular weight is 305 g/mol. The molecule has 0 amide bonds. The summed E-state index contributed by atoms with van der Waals surface area (Å²) in [5, 5.41) is 0. The first-order valence-corrected chi connectivity index (χ1v) is 6.93. The van der Waals surface area contributed by atoms with Gasteiger partial charge in [0.15, 0.2) is 0 Å². The Bertz CT molecular complexity index is 339. The van der Waals surface area contributed by atoms with Crippen LogP contribution in [0.1, 0.15) is 25.8 Å². The molecule has 0 radical (unpaired) electrons. The lowest BCUT2D eigenvalue weighted by atomic mass is 10.1. The average Bonchev–Trinajstić information content (AvgIpc) is 2.25. The molecule has 90 valence electrons. The van der Waals surface area contributed by atoms with Crippen LogP contribution in [0.2, 0.25) is 0 Å². The van der Waals surface area contributed by atoms with Crippen LogP contribution in [-0.2, 0) is 5.88 Å². The van der Waals surface area contributed by atoms with Crippen LogP contribution >= 0.6 is 27.5 Å². The summed E-state index contributed by atoms with van der Waals surface area (Å²) < 4.78 is 1.12. The topological polar surface area (TPSA) is 3.24 Å². The maximum atomic E-state index is 5.80. The molecule has 0 saturated heterocycles. The molecule has 0 fully saturated rings. The van der Waals surface area contributed by atoms with Gasteiger partial charge in [-0.25, -0.2) is 0 Å². The highest BCUT2D eigenvalue weighted by molar-refractivity contribution is 9.10. The molecule has 0 spiro atoms. The van der Waals surface area contributed by atoms with E-state index < -0.39 is 0 Å². The van der Waals surface area contributed by atoms with Crippen molar-refractivity contribution in [1.82, 2.24) is 0 Å². The van der Waals surface area contributed by atoms with E-state index in [0.29, 0.717) is 5.88 Å². The van der Waals surface area contributed by atoms with Crippen molar-refractivity contribution in [3.63, 3.8) is 0 Å². The van der Waals surface area contributed by atoms with Gasteiger partial charge in [-0.1, -0.05) is 19.9 Å². The Labute approximate surface area is 112 Å². The molecule has 0 aromatic heterocycles. The predicted molar refractivity (Wildman–Crippen MR) is 76.4 cm³/mol. The smallest absolute Gasteiger partial charge is 0.0508 e. The zero-order chi connectivity index (χ0) is 12.1. The molecular weight excluding hydrogens is 286 g/mol. The largest absolute Gasteiger partial charge is 0.374 e. The Kier molecular flexibility index (Phi) is 5.63. The SMILES string of the molecule is CC(C)CCN(C)c1ccc(CCl)cc1Br. The molecule has 1 aromatic carbocycles. The lowest BCUT2D eigenvalue weighted by molar-refractivity contribution is 0.585. The molecule has 0 N–H and O–H groups in total. The fraction of sp³-hybridized carbons (Fsp3) is 0.538. The summed E-state index contributed by atoms with van der Waals surface area (Å²) in [5.41, 5.74) is 2.38. The van der Waals surface area contributed by atoms with E-state index in [1.54, 1.807) is 0 Å². The summed E-state index contributed by atoms with van der Waals surface area (Å²) >= 11 is 9.39. The van der Waals surface area contributed by atoms with Crippen LogP contribution < -0.4 is 4.90 Å². The van der Waals surface area contributed by atoms with Crippen LogP contribution in [0, 0.1) is 5.92 Å². The zero-order valence-corrected chi connectivity index (χ0v) is 12.5. The van der Waals surface area contributed by atoms with Crippen molar-refractivity contribution in [3.05, 3.63) is 28.2 Å². The minimum Gasteiger partial charge on any atom is -0.374 e. The van der Waals surface area contributed by atoms with Gasteiger partial charge in [-0.3, -0.25) is 0 Å². The monoisotopic (exact) mass is 303 g/mol. The van der Waals surface area contributed by atoms with Gasteiger partial charge in [0.2, 0.25) is 0 Å². The fourth-order valence-corrected chi connectivity index (χ4v) is 2.41. The molecule has 0 saturated carbocycles. The lowest BCUT2D eigenvalue weighted by Crippen LogP contribution is -2.20. The van der Waals surface area contributed by atoms with Crippen LogP contribution in [0.5, 0.6) is 0 Å². The molecular formula is C13H19BrClN. The quantitative estimate of drug-likeness (QED) is 0.715. The molecule has 0 aliphatic rings. The Hall–Kier alpha value is -0.210. The summed E-state index contributed by atoms with van der Waals surface area (Å²) in [4.78, 5) is 2.28. The highest BCUT2D eigenvalue weighted by Crippen LogP contribution is 2.27. The van der Waals surface area contributed by atoms with Crippen LogP contribution in [0.25, 0.3) is 0 Å². The number of hydrogen-bond acceptors (Lipinski definition) is 1. The van der Waals surface area contributed by atoms with Crippen LogP contribution in [0.3, 0.4) is 0 Å². The van der Waals surface area contributed by atoms with Crippen LogP contribution in [0.15, 0.2) is 22.7 Å². The highest BCUT2D eigenvalue weighted by atomic mass is 79.9. The number of benzene rings is 1. The molecule has 16 heavy (non-hydrogen) atoms. The van der Waals surface area contributed by atoms with Gasteiger partial charge in [-0.05, 0) is 46.0 Å². The molecule has 0 bridgehead atoms. The second-order valence-electron chi connectivity index (χ2n) is 4.52. The predicted octanol–water partition coefficient (Wildman–Crippen LogP) is 4.67. The third kappa shape index (κ3) is 3.99. The maximum Gasteiger partial charge on any atom is 0.0508 e. The zero-order valence-electron chi connectivity index (χ0n) is 10.1. The van der Waals surface area contributed by atoms with E-state index in [1.807, 2.05) is 0 Å². The van der Waals surface area contributed by atoms with Crippen molar-refractivity contribution in [1.29, 1.82) is 0 Å². The summed E-state index contributed by atoms with van der Waals surface area (Å²) in [7, 11) is 2.13. The summed E-state index contributed by atoms with van der Waals surface area (Å²) in [6.07, 6.45) is 1.21. The number of nitrogens with zero attached hydrogens (tertiary/aromatic N) is 1. The molecule has 0 heterocycles. The lowest BCUT2D eigenvalue weighted by Gasteiger charge is -2.22. The van der Waals surface area contributed by atoms with Crippen molar-refractivity contribution >= 4 is 33.2 Å². The van der Waals surface area contributed by atoms with Crippen molar-refractivity contribution < 1.29 is 0 Å². The van der Waals surface area contributed by atoms with Crippen LogP contribution in [-0.4, -0.2) is 13.6 Å². The first-order valence-electron chi connectivity index (χ1n) is 5.60. The Morgan fingerprint density at radius 3 is 2.56 bits per heavy atom. The molecule has 3 heteroatoms. The van der Waals surface area contributed by atoms with E-state index in [0.717, 1.165) is 22.5 Å². The number of anilines is 1. The molecule has 1 aromatic rings. The molecule has 0 atom stereocenters. The summed E-state index contributed by atoms with van der Waals surface area (Å²) in [6.45, 7) is 5.58. The fourth-order valence-electron chi connectivity index (χ4n) is 1.52. The van der Waals surface area contributed by atoms with Crippen molar-refractivity contribution in [2.45, 2.75) is 26.1 Å². The normalized spacial score (nSPS) is 10.9. The van der Waals surface area contributed by atoms with E-state index in [2.05, 4.69) is 59.9 Å². The van der Waals surface area contributed by atoms with Gasteiger partial charge in [-0.2, -0.15) is 0 Å². The van der Waals surface area contributed by atoms with Crippen molar-refractivity contribution in [2.75, 3.05) is 18.5 Å². The molecule has 1 nitrogen and oxygen atoms in total. The minimum absolute atomic E-state index is 0.564. The van der Waals surface area contributed by atoms with Gasteiger partial charge >= 0.3 is 0 Å². The first-order chi connectivity index (χ1) is 7.54. The third-order valence-corrected chi connectivity index (χ3v) is 3.56. The maximum absolute atomic E-state index is 5.80. The molecule has 1 rings (SSSR count). The van der Waals surface area contributed by atoms with Crippen LogP contribution in [0.4, 0.5) is 5.69 Å². The van der Waals surface area contributed by atoms with Crippen molar-refractivity contribution in [3.8, 4) is 0 Å². The first kappa shape index (κ1) is 13.9. The summed E-state index contributed by atoms with van der Waals surface area (Å²) in [6, 6.07) is 6.30. The molecule has 0 unspecified atom stereocenters. The Morgan fingerprint density at radius 1 is 1.38 bits per heavy atom. The standard InChI is InChI=1S/C13H19BrClN/c1-10(2)6-7-16(3)13-5-4-11(9-15)8-12(13)14/h4-5,8,10H,6-7,9H2,1-3H3. The number of hydrogen-bond donors (Lipinski definition) is 0. The Morgan fingerprint density at radius 2 is 2.06 bits per heavy atom.